The molecule has 3 nitrogen and oxygen atoms in total. The van der Waals surface area contributed by atoms with E-state index in [4.69, 9.17) is 0 Å². The molecule has 3 heteroatoms. The maximum atomic E-state index is 11.7. The van der Waals surface area contributed by atoms with Crippen LogP contribution in [0.5, 0.6) is 0 Å². The summed E-state index contributed by atoms with van der Waals surface area (Å²) in [5.41, 5.74) is 0.858. The van der Waals surface area contributed by atoms with Gasteiger partial charge in [0.1, 0.15) is 5.82 Å². The molecular formula is C11H14N2O. The number of rotatable bonds is 3. The first kappa shape index (κ1) is 9.19. The molecule has 74 valence electrons. The van der Waals surface area contributed by atoms with E-state index in [0.717, 1.165) is 24.4 Å². The number of allylic oxidation sites excluding steroid dienone is 1. The van der Waals surface area contributed by atoms with Gasteiger partial charge in [-0.1, -0.05) is 6.08 Å². The highest BCUT2D eigenvalue weighted by Crippen LogP contribution is 2.38. The van der Waals surface area contributed by atoms with Gasteiger partial charge in [0.15, 0.2) is 0 Å². The Bertz CT molecular complexity index is 416. The molecule has 0 bridgehead atoms. The van der Waals surface area contributed by atoms with Gasteiger partial charge in [-0.2, -0.15) is 0 Å². The minimum Gasteiger partial charge on any atom is -0.293 e. The number of hydrogen-bond donors (Lipinski definition) is 0. The van der Waals surface area contributed by atoms with Gasteiger partial charge in [-0.15, -0.1) is 6.58 Å². The monoisotopic (exact) mass is 190 g/mol. The first-order chi connectivity index (χ1) is 6.72. The standard InChI is InChI=1S/C11H14N2O/c1-3-6-13-10(14)7-8(2)12-11(13)9-4-5-9/h3,7,9H,1,4-6H2,2H3. The van der Waals surface area contributed by atoms with Crippen LogP contribution in [0, 0.1) is 6.92 Å². The summed E-state index contributed by atoms with van der Waals surface area (Å²) in [6.45, 7) is 6.09. The molecule has 1 heterocycles. The van der Waals surface area contributed by atoms with E-state index in [0.29, 0.717) is 12.5 Å². The van der Waals surface area contributed by atoms with Gasteiger partial charge in [-0.05, 0) is 19.8 Å². The predicted octanol–water partition coefficient (Wildman–Crippen LogP) is 1.62. The third kappa shape index (κ3) is 1.62. The molecular weight excluding hydrogens is 176 g/mol. The fourth-order valence-electron chi connectivity index (χ4n) is 1.61. The largest absolute Gasteiger partial charge is 0.293 e. The molecule has 1 aliphatic carbocycles. The van der Waals surface area contributed by atoms with Gasteiger partial charge in [0.25, 0.3) is 5.56 Å². The zero-order chi connectivity index (χ0) is 10.1. The predicted molar refractivity (Wildman–Crippen MR) is 55.4 cm³/mol. The number of nitrogens with zero attached hydrogens (tertiary/aromatic N) is 2. The highest BCUT2D eigenvalue weighted by atomic mass is 16.1. The first-order valence-electron chi connectivity index (χ1n) is 4.91. The highest BCUT2D eigenvalue weighted by molar-refractivity contribution is 5.12. The molecule has 0 amide bonds. The van der Waals surface area contributed by atoms with E-state index in [9.17, 15) is 4.79 Å². The lowest BCUT2D eigenvalue weighted by Crippen LogP contribution is -2.24. The molecule has 0 aliphatic heterocycles. The molecule has 0 atom stereocenters. The van der Waals surface area contributed by atoms with Crippen LogP contribution in [0.25, 0.3) is 0 Å². The van der Waals surface area contributed by atoms with Crippen molar-refractivity contribution in [2.45, 2.75) is 32.2 Å². The Morgan fingerprint density at radius 1 is 1.71 bits per heavy atom. The third-order valence-electron chi connectivity index (χ3n) is 2.42. The fraction of sp³-hybridized carbons (Fsp3) is 0.455. The minimum atomic E-state index is 0.0410. The van der Waals surface area contributed by atoms with Crippen LogP contribution >= 0.6 is 0 Å². The lowest BCUT2D eigenvalue weighted by Gasteiger charge is -2.09. The number of aromatic nitrogens is 2. The Hall–Kier alpha value is -1.38. The topological polar surface area (TPSA) is 34.9 Å². The van der Waals surface area contributed by atoms with Crippen molar-refractivity contribution in [2.24, 2.45) is 0 Å². The van der Waals surface area contributed by atoms with Gasteiger partial charge in [0.2, 0.25) is 0 Å². The SMILES string of the molecule is C=CCn1c(C2CC2)nc(C)cc1=O. The summed E-state index contributed by atoms with van der Waals surface area (Å²) < 4.78 is 1.72. The molecule has 1 saturated carbocycles. The fourth-order valence-corrected chi connectivity index (χ4v) is 1.61. The second kappa shape index (κ2) is 3.40. The van der Waals surface area contributed by atoms with E-state index >= 15 is 0 Å². The average Bonchev–Trinajstić information content (AvgIpc) is 2.92. The number of hydrogen-bond acceptors (Lipinski definition) is 2. The first-order valence-corrected chi connectivity index (χ1v) is 4.91. The average molecular weight is 190 g/mol. The van der Waals surface area contributed by atoms with E-state index in [1.165, 1.54) is 0 Å². The molecule has 2 rings (SSSR count). The van der Waals surface area contributed by atoms with E-state index in [2.05, 4.69) is 11.6 Å². The maximum Gasteiger partial charge on any atom is 0.254 e. The van der Waals surface area contributed by atoms with E-state index in [1.54, 1.807) is 16.7 Å². The van der Waals surface area contributed by atoms with Crippen molar-refractivity contribution in [3.63, 3.8) is 0 Å². The van der Waals surface area contributed by atoms with Crippen LogP contribution in [0.2, 0.25) is 0 Å². The second-order valence-corrected chi connectivity index (χ2v) is 3.77. The van der Waals surface area contributed by atoms with Crippen molar-refractivity contribution in [2.75, 3.05) is 0 Å². The van der Waals surface area contributed by atoms with Crippen LogP contribution in [0.15, 0.2) is 23.5 Å². The molecule has 0 unspecified atom stereocenters. The molecule has 0 radical (unpaired) electrons. The van der Waals surface area contributed by atoms with Gasteiger partial charge < -0.3 is 0 Å². The Labute approximate surface area is 83.1 Å². The van der Waals surface area contributed by atoms with Gasteiger partial charge in [0.05, 0.1) is 0 Å². The lowest BCUT2D eigenvalue weighted by molar-refractivity contribution is 0.675. The summed E-state index contributed by atoms with van der Waals surface area (Å²) >= 11 is 0. The summed E-state index contributed by atoms with van der Waals surface area (Å²) in [5.74, 6) is 1.44. The molecule has 0 aromatic carbocycles. The van der Waals surface area contributed by atoms with E-state index in [1.807, 2.05) is 6.92 Å². The van der Waals surface area contributed by atoms with Gasteiger partial charge >= 0.3 is 0 Å². The van der Waals surface area contributed by atoms with Crippen LogP contribution in [0.4, 0.5) is 0 Å². The Kier molecular flexibility index (Phi) is 2.23. The Morgan fingerprint density at radius 3 is 3.00 bits per heavy atom. The van der Waals surface area contributed by atoms with Crippen LogP contribution in [0.3, 0.4) is 0 Å². The van der Waals surface area contributed by atoms with Crippen molar-refractivity contribution in [3.8, 4) is 0 Å². The minimum absolute atomic E-state index is 0.0410. The lowest BCUT2D eigenvalue weighted by atomic mass is 10.3. The van der Waals surface area contributed by atoms with Crippen molar-refractivity contribution in [1.82, 2.24) is 9.55 Å². The number of aryl methyl sites for hydroxylation is 1. The maximum absolute atomic E-state index is 11.7. The second-order valence-electron chi connectivity index (χ2n) is 3.77. The highest BCUT2D eigenvalue weighted by Gasteiger charge is 2.28. The summed E-state index contributed by atoms with van der Waals surface area (Å²) in [6, 6.07) is 1.58. The smallest absolute Gasteiger partial charge is 0.254 e. The van der Waals surface area contributed by atoms with Crippen LogP contribution in [-0.2, 0) is 6.54 Å². The van der Waals surface area contributed by atoms with Gasteiger partial charge in [-0.3, -0.25) is 9.36 Å². The molecule has 1 aromatic rings. The van der Waals surface area contributed by atoms with E-state index < -0.39 is 0 Å². The quantitative estimate of drug-likeness (QED) is 0.679. The summed E-state index contributed by atoms with van der Waals surface area (Å²) in [7, 11) is 0. The van der Waals surface area contributed by atoms with Crippen molar-refractivity contribution in [1.29, 1.82) is 0 Å². The van der Waals surface area contributed by atoms with Crippen LogP contribution in [0.1, 0.15) is 30.3 Å². The van der Waals surface area contributed by atoms with Crippen molar-refractivity contribution >= 4 is 0 Å². The Morgan fingerprint density at radius 2 is 2.43 bits per heavy atom. The van der Waals surface area contributed by atoms with Gasteiger partial charge in [0, 0.05) is 24.2 Å². The van der Waals surface area contributed by atoms with E-state index in [-0.39, 0.29) is 5.56 Å². The normalized spacial score (nSPS) is 15.5. The molecule has 1 aliphatic rings. The van der Waals surface area contributed by atoms with Crippen LogP contribution < -0.4 is 5.56 Å². The van der Waals surface area contributed by atoms with Gasteiger partial charge in [-0.25, -0.2) is 4.98 Å². The molecule has 1 fully saturated rings. The Balaban J connectivity index is 2.52. The summed E-state index contributed by atoms with van der Waals surface area (Å²) in [4.78, 5) is 16.1. The molecule has 0 N–H and O–H groups in total. The molecule has 1 aromatic heterocycles. The zero-order valence-electron chi connectivity index (χ0n) is 8.36. The van der Waals surface area contributed by atoms with Crippen molar-refractivity contribution < 1.29 is 0 Å². The zero-order valence-corrected chi connectivity index (χ0v) is 8.36. The molecule has 0 saturated heterocycles. The molecule has 14 heavy (non-hydrogen) atoms. The molecule has 0 spiro atoms. The summed E-state index contributed by atoms with van der Waals surface area (Å²) in [5, 5.41) is 0. The van der Waals surface area contributed by atoms with Crippen molar-refractivity contribution in [3.05, 3.63) is 40.6 Å². The summed E-state index contributed by atoms with van der Waals surface area (Å²) in [6.07, 6.45) is 4.06. The van der Waals surface area contributed by atoms with Crippen LogP contribution in [-0.4, -0.2) is 9.55 Å². The third-order valence-corrected chi connectivity index (χ3v) is 2.42.